The summed E-state index contributed by atoms with van der Waals surface area (Å²) in [5.41, 5.74) is 2.55. The topological polar surface area (TPSA) is 65.8 Å². The Kier molecular flexibility index (Phi) is 7.41. The number of carbonyl (C=O) groups is 1. The summed E-state index contributed by atoms with van der Waals surface area (Å²) >= 11 is 0. The lowest BCUT2D eigenvalue weighted by molar-refractivity contribution is -0.131. The lowest BCUT2D eigenvalue weighted by Crippen LogP contribution is -2.33. The average Bonchev–Trinajstić information content (AvgIpc) is 3.11. The minimum atomic E-state index is 0.0870. The zero-order chi connectivity index (χ0) is 23.3. The van der Waals surface area contributed by atoms with Crippen LogP contribution in [-0.4, -0.2) is 47.9 Å². The molecule has 0 fully saturated rings. The van der Waals surface area contributed by atoms with Crippen LogP contribution >= 0.6 is 0 Å². The Hall–Kier alpha value is -3.48. The summed E-state index contributed by atoms with van der Waals surface area (Å²) in [6.45, 7) is 5.94. The molecule has 0 N–H and O–H groups in total. The minimum absolute atomic E-state index is 0.0870. The quantitative estimate of drug-likeness (QED) is 0.482. The Morgan fingerprint density at radius 2 is 1.69 bits per heavy atom. The lowest BCUT2D eigenvalue weighted by atomic mass is 10.1. The van der Waals surface area contributed by atoms with Crippen molar-refractivity contribution in [2.45, 2.75) is 39.7 Å². The van der Waals surface area contributed by atoms with Gasteiger partial charge in [-0.15, -0.1) is 0 Å². The molecule has 32 heavy (non-hydrogen) atoms. The molecule has 3 aromatic rings. The first-order valence-corrected chi connectivity index (χ1v) is 10.6. The van der Waals surface area contributed by atoms with E-state index in [1.807, 2.05) is 76.3 Å². The van der Waals surface area contributed by atoms with Gasteiger partial charge in [-0.1, -0.05) is 6.07 Å². The molecule has 2 aromatic carbocycles. The van der Waals surface area contributed by atoms with Gasteiger partial charge in [-0.05, 0) is 63.6 Å². The maximum atomic E-state index is 12.6. The van der Waals surface area contributed by atoms with Gasteiger partial charge >= 0.3 is 0 Å². The van der Waals surface area contributed by atoms with Gasteiger partial charge < -0.3 is 19.1 Å². The summed E-state index contributed by atoms with van der Waals surface area (Å²) in [6.07, 6.45) is 0.898. The van der Waals surface area contributed by atoms with Crippen molar-refractivity contribution in [1.29, 1.82) is 0 Å². The van der Waals surface area contributed by atoms with Crippen LogP contribution in [-0.2, 0) is 11.2 Å². The van der Waals surface area contributed by atoms with E-state index in [1.54, 1.807) is 23.8 Å². The largest absolute Gasteiger partial charge is 0.497 e. The Bertz CT molecular complexity index is 1060. The molecule has 3 rings (SSSR count). The van der Waals surface area contributed by atoms with Crippen LogP contribution in [0.1, 0.15) is 31.5 Å². The maximum absolute atomic E-state index is 12.6. The molecule has 0 aliphatic heterocycles. The van der Waals surface area contributed by atoms with Crippen molar-refractivity contribution in [3.05, 3.63) is 59.8 Å². The molecule has 0 atom stereocenters. The molecule has 0 spiro atoms. The molecule has 7 heteroatoms. The highest BCUT2D eigenvalue weighted by atomic mass is 16.5. The number of hydrogen-bond donors (Lipinski definition) is 0. The molecule has 0 unspecified atom stereocenters. The number of aryl methyl sites for hydroxylation is 1. The van der Waals surface area contributed by atoms with E-state index in [1.165, 1.54) is 0 Å². The molecular formula is C25H31N3O4. The summed E-state index contributed by atoms with van der Waals surface area (Å²) in [4.78, 5) is 14.4. The van der Waals surface area contributed by atoms with Crippen LogP contribution in [0.2, 0.25) is 0 Å². The molecular weight excluding hydrogens is 406 g/mol. The third kappa shape index (κ3) is 5.22. The van der Waals surface area contributed by atoms with Crippen LogP contribution in [0.25, 0.3) is 5.69 Å². The SMILES string of the molecule is COc1ccc(-n2nc(C)c(CCC(=O)N(C)C(C)C)c2Oc2cccc(OC)c2)cc1. The molecule has 1 aromatic heterocycles. The molecule has 0 saturated heterocycles. The lowest BCUT2D eigenvalue weighted by Gasteiger charge is -2.21. The first kappa shape index (κ1) is 23.2. The number of methoxy groups -OCH3 is 2. The summed E-state index contributed by atoms with van der Waals surface area (Å²) in [5.74, 6) is 2.76. The monoisotopic (exact) mass is 437 g/mol. The summed E-state index contributed by atoms with van der Waals surface area (Å²) in [5, 5.41) is 4.73. The van der Waals surface area contributed by atoms with Crippen molar-refractivity contribution >= 4 is 5.91 Å². The smallest absolute Gasteiger partial charge is 0.226 e. The van der Waals surface area contributed by atoms with Gasteiger partial charge in [0, 0.05) is 31.1 Å². The van der Waals surface area contributed by atoms with E-state index in [0.717, 1.165) is 22.7 Å². The highest BCUT2D eigenvalue weighted by Crippen LogP contribution is 2.33. The van der Waals surface area contributed by atoms with Crippen molar-refractivity contribution in [3.8, 4) is 28.8 Å². The fourth-order valence-electron chi connectivity index (χ4n) is 3.30. The molecule has 0 radical (unpaired) electrons. The molecule has 7 nitrogen and oxygen atoms in total. The summed E-state index contributed by atoms with van der Waals surface area (Å²) in [7, 11) is 5.08. The third-order valence-corrected chi connectivity index (χ3v) is 5.47. The van der Waals surface area contributed by atoms with Gasteiger partial charge in [0.05, 0.1) is 25.6 Å². The van der Waals surface area contributed by atoms with E-state index in [2.05, 4.69) is 0 Å². The number of amides is 1. The molecule has 170 valence electrons. The maximum Gasteiger partial charge on any atom is 0.226 e. The summed E-state index contributed by atoms with van der Waals surface area (Å²) in [6, 6.07) is 15.2. The van der Waals surface area contributed by atoms with Gasteiger partial charge in [0.2, 0.25) is 11.8 Å². The van der Waals surface area contributed by atoms with E-state index in [-0.39, 0.29) is 11.9 Å². The first-order chi connectivity index (χ1) is 15.3. The van der Waals surface area contributed by atoms with Crippen molar-refractivity contribution in [2.75, 3.05) is 21.3 Å². The molecule has 1 amide bonds. The Morgan fingerprint density at radius 3 is 2.31 bits per heavy atom. The predicted octanol–water partition coefficient (Wildman–Crippen LogP) is 4.79. The van der Waals surface area contributed by atoms with Gasteiger partial charge in [-0.25, -0.2) is 4.68 Å². The number of hydrogen-bond acceptors (Lipinski definition) is 5. The van der Waals surface area contributed by atoms with Gasteiger partial charge in [-0.3, -0.25) is 4.79 Å². The highest BCUT2D eigenvalue weighted by molar-refractivity contribution is 5.76. The molecule has 1 heterocycles. The Morgan fingerprint density at radius 1 is 1.03 bits per heavy atom. The highest BCUT2D eigenvalue weighted by Gasteiger charge is 2.21. The Balaban J connectivity index is 1.99. The van der Waals surface area contributed by atoms with Crippen LogP contribution in [0.15, 0.2) is 48.5 Å². The van der Waals surface area contributed by atoms with Crippen LogP contribution < -0.4 is 14.2 Å². The summed E-state index contributed by atoms with van der Waals surface area (Å²) < 4.78 is 18.7. The van der Waals surface area contributed by atoms with Crippen molar-refractivity contribution < 1.29 is 19.0 Å². The number of aromatic nitrogens is 2. The van der Waals surface area contributed by atoms with Crippen LogP contribution in [0.3, 0.4) is 0 Å². The number of rotatable bonds is 9. The van der Waals surface area contributed by atoms with Crippen LogP contribution in [0.4, 0.5) is 0 Å². The Labute approximate surface area is 189 Å². The van der Waals surface area contributed by atoms with Gasteiger partial charge in [0.25, 0.3) is 0 Å². The molecule has 0 aliphatic carbocycles. The minimum Gasteiger partial charge on any atom is -0.497 e. The van der Waals surface area contributed by atoms with E-state index < -0.39 is 0 Å². The fourth-order valence-corrected chi connectivity index (χ4v) is 3.30. The first-order valence-electron chi connectivity index (χ1n) is 10.6. The normalized spacial score (nSPS) is 10.8. The van der Waals surface area contributed by atoms with Crippen molar-refractivity contribution in [2.24, 2.45) is 0 Å². The third-order valence-electron chi connectivity index (χ3n) is 5.47. The van der Waals surface area contributed by atoms with Crippen LogP contribution in [0, 0.1) is 6.92 Å². The second-order valence-corrected chi connectivity index (χ2v) is 7.86. The zero-order valence-electron chi connectivity index (χ0n) is 19.6. The second kappa shape index (κ2) is 10.2. The number of nitrogens with zero attached hydrogens (tertiary/aromatic N) is 3. The average molecular weight is 438 g/mol. The van der Waals surface area contributed by atoms with E-state index in [4.69, 9.17) is 19.3 Å². The van der Waals surface area contributed by atoms with E-state index in [0.29, 0.717) is 30.2 Å². The second-order valence-electron chi connectivity index (χ2n) is 7.86. The molecule has 0 saturated carbocycles. The van der Waals surface area contributed by atoms with Gasteiger partial charge in [0.15, 0.2) is 0 Å². The van der Waals surface area contributed by atoms with Gasteiger partial charge in [-0.2, -0.15) is 5.10 Å². The van der Waals surface area contributed by atoms with Crippen molar-refractivity contribution in [1.82, 2.24) is 14.7 Å². The van der Waals surface area contributed by atoms with Crippen LogP contribution in [0.5, 0.6) is 23.1 Å². The number of ether oxygens (including phenoxy) is 3. The van der Waals surface area contributed by atoms with E-state index in [9.17, 15) is 4.79 Å². The van der Waals surface area contributed by atoms with Crippen molar-refractivity contribution in [3.63, 3.8) is 0 Å². The number of carbonyl (C=O) groups excluding carboxylic acids is 1. The zero-order valence-corrected chi connectivity index (χ0v) is 19.6. The molecule has 0 aliphatic rings. The molecule has 0 bridgehead atoms. The standard InChI is InChI=1S/C25H31N3O4/c1-17(2)27(4)24(29)15-14-23-18(3)26-28(19-10-12-20(30-5)13-11-19)25(23)32-22-9-7-8-21(16-22)31-6/h7-13,16-17H,14-15H2,1-6H3. The van der Waals surface area contributed by atoms with E-state index >= 15 is 0 Å². The fraction of sp³-hybridized carbons (Fsp3) is 0.360. The van der Waals surface area contributed by atoms with Gasteiger partial charge in [0.1, 0.15) is 17.2 Å². The predicted molar refractivity (Wildman–Crippen MR) is 124 cm³/mol. The number of benzene rings is 2.